The Morgan fingerprint density at radius 2 is 1.06 bits per heavy atom. The summed E-state index contributed by atoms with van der Waals surface area (Å²) in [4.78, 5) is 24.9. The predicted octanol–water partition coefficient (Wildman–Crippen LogP) is 5.31. The molecule has 2 aliphatic rings. The predicted molar refractivity (Wildman–Crippen MR) is 179 cm³/mol. The molecule has 11 nitrogen and oxygen atoms in total. The summed E-state index contributed by atoms with van der Waals surface area (Å²) in [5.41, 5.74) is 3.47. The summed E-state index contributed by atoms with van der Waals surface area (Å²) in [6.07, 6.45) is -0.387. The highest BCUT2D eigenvalue weighted by Gasteiger charge is 2.35. The lowest BCUT2D eigenvalue weighted by molar-refractivity contribution is -0.131. The first-order valence-corrected chi connectivity index (χ1v) is 15.6. The van der Waals surface area contributed by atoms with Crippen LogP contribution >= 0.6 is 0 Å². The van der Waals surface area contributed by atoms with Crippen molar-refractivity contribution in [3.63, 3.8) is 0 Å². The van der Waals surface area contributed by atoms with Crippen LogP contribution in [0.15, 0.2) is 107 Å². The van der Waals surface area contributed by atoms with Crippen molar-refractivity contribution in [3.8, 4) is 23.0 Å². The van der Waals surface area contributed by atoms with Gasteiger partial charge in [-0.3, -0.25) is 9.59 Å². The van der Waals surface area contributed by atoms with Crippen LogP contribution in [0.4, 0.5) is 0 Å². The fraction of sp³-hybridized carbons (Fsp3) is 0.243. The van der Waals surface area contributed by atoms with Gasteiger partial charge in [0.05, 0.1) is 34.6 Å². The third-order valence-electron chi connectivity index (χ3n) is 8.28. The van der Waals surface area contributed by atoms with Gasteiger partial charge in [-0.2, -0.15) is 10.2 Å². The van der Waals surface area contributed by atoms with E-state index >= 15 is 0 Å². The van der Waals surface area contributed by atoms with E-state index in [2.05, 4.69) is 10.2 Å². The molecule has 6 rings (SSSR count). The highest BCUT2D eigenvalue weighted by molar-refractivity contribution is 6.08. The van der Waals surface area contributed by atoms with Crippen molar-refractivity contribution in [1.29, 1.82) is 0 Å². The average Bonchev–Trinajstić information content (AvgIpc) is 3.73. The third kappa shape index (κ3) is 6.72. The molecule has 2 unspecified atom stereocenters. The maximum atomic E-state index is 12.5. The van der Waals surface area contributed by atoms with Crippen LogP contribution in [0.1, 0.15) is 61.0 Å². The minimum atomic E-state index is -1.11. The molecule has 4 aromatic rings. The number of aliphatic hydroxyl groups is 1. The van der Waals surface area contributed by atoms with Gasteiger partial charge in [-0.05, 0) is 35.4 Å². The molecule has 0 bridgehead atoms. The van der Waals surface area contributed by atoms with Crippen LogP contribution in [-0.4, -0.2) is 67.9 Å². The van der Waals surface area contributed by atoms with Gasteiger partial charge >= 0.3 is 0 Å². The van der Waals surface area contributed by atoms with E-state index in [1.54, 1.807) is 24.3 Å². The minimum absolute atomic E-state index is 0.0654. The number of carbonyl (C=O) groups is 2. The molecule has 2 aliphatic heterocycles. The maximum Gasteiger partial charge on any atom is 0.240 e. The Labute approximate surface area is 278 Å². The molecule has 0 aromatic heterocycles. The van der Waals surface area contributed by atoms with Gasteiger partial charge in [0.25, 0.3) is 0 Å². The van der Waals surface area contributed by atoms with E-state index in [1.807, 2.05) is 60.7 Å². The summed E-state index contributed by atoms with van der Waals surface area (Å²) in [5.74, 6) is -0.0134. The zero-order valence-corrected chi connectivity index (χ0v) is 26.6. The molecule has 2 heterocycles. The Kier molecular flexibility index (Phi) is 9.40. The summed E-state index contributed by atoms with van der Waals surface area (Å²) in [6.45, 7) is 2.51. The largest absolute Gasteiger partial charge is 0.507 e. The number of phenols is 2. The molecule has 2 amide bonds. The molecule has 0 aliphatic carbocycles. The standard InChI is InChI=1S/C37H36N4O7/c1-23(42)40-30(25-11-5-3-6-12-25)19-28(38-40)36-32(45)15-9-17-34(36)47-21-27(44)22-48-35-18-10-16-33(46)37(35)29-20-31(41(39-29)24(2)43)26-13-7-4-8-14-26/h3-18,27,30-31,44-46H,19-22H2,1-2H3. The quantitative estimate of drug-likeness (QED) is 0.211. The number of hydrogen-bond acceptors (Lipinski definition) is 9. The molecule has 2 atom stereocenters. The Morgan fingerprint density at radius 1 is 0.667 bits per heavy atom. The fourth-order valence-electron chi connectivity index (χ4n) is 6.05. The lowest BCUT2D eigenvalue weighted by Gasteiger charge is -2.20. The van der Waals surface area contributed by atoms with Crippen molar-refractivity contribution in [3.05, 3.63) is 119 Å². The summed E-state index contributed by atoms with van der Waals surface area (Å²) >= 11 is 0. The number of aromatic hydroxyl groups is 2. The van der Waals surface area contributed by atoms with Crippen LogP contribution in [0, 0.1) is 0 Å². The Morgan fingerprint density at radius 3 is 1.44 bits per heavy atom. The minimum Gasteiger partial charge on any atom is -0.507 e. The zero-order valence-electron chi connectivity index (χ0n) is 26.6. The first kappa shape index (κ1) is 32.3. The van der Waals surface area contributed by atoms with Crippen molar-refractivity contribution in [2.75, 3.05) is 13.2 Å². The number of ether oxygens (including phenoxy) is 2. The van der Waals surface area contributed by atoms with E-state index < -0.39 is 6.10 Å². The van der Waals surface area contributed by atoms with E-state index in [-0.39, 0.29) is 48.6 Å². The zero-order chi connectivity index (χ0) is 33.8. The van der Waals surface area contributed by atoms with Gasteiger partial charge in [0.2, 0.25) is 11.8 Å². The van der Waals surface area contributed by atoms with Crippen molar-refractivity contribution in [2.24, 2.45) is 10.2 Å². The summed E-state index contributed by atoms with van der Waals surface area (Å²) in [5, 5.41) is 44.5. The van der Waals surface area contributed by atoms with E-state index in [0.29, 0.717) is 46.9 Å². The van der Waals surface area contributed by atoms with Gasteiger partial charge in [-0.25, -0.2) is 10.0 Å². The first-order chi connectivity index (χ1) is 23.2. The van der Waals surface area contributed by atoms with Gasteiger partial charge < -0.3 is 24.8 Å². The van der Waals surface area contributed by atoms with Crippen LogP contribution in [-0.2, 0) is 9.59 Å². The summed E-state index contributed by atoms with van der Waals surface area (Å²) in [6, 6.07) is 28.0. The Bertz CT molecular complexity index is 1730. The lowest BCUT2D eigenvalue weighted by atomic mass is 9.97. The van der Waals surface area contributed by atoms with Crippen molar-refractivity contribution in [2.45, 2.75) is 44.9 Å². The molecule has 0 saturated heterocycles. The van der Waals surface area contributed by atoms with E-state index in [0.717, 1.165) is 11.1 Å². The molecule has 0 radical (unpaired) electrons. The number of hydrogen-bond donors (Lipinski definition) is 3. The summed E-state index contributed by atoms with van der Waals surface area (Å²) in [7, 11) is 0. The van der Waals surface area contributed by atoms with Gasteiger partial charge in [0.15, 0.2) is 0 Å². The first-order valence-electron chi connectivity index (χ1n) is 15.6. The highest BCUT2D eigenvalue weighted by Crippen LogP contribution is 2.40. The van der Waals surface area contributed by atoms with Gasteiger partial charge in [-0.1, -0.05) is 72.8 Å². The van der Waals surface area contributed by atoms with E-state index in [9.17, 15) is 24.9 Å². The monoisotopic (exact) mass is 648 g/mol. The number of nitrogens with zero attached hydrogens (tertiary/aromatic N) is 4. The number of phenolic OH excluding ortho intramolecular Hbond substituents is 2. The molecular weight excluding hydrogens is 612 g/mol. The smallest absolute Gasteiger partial charge is 0.240 e. The lowest BCUT2D eigenvalue weighted by Crippen LogP contribution is -2.26. The molecule has 4 aromatic carbocycles. The van der Waals surface area contributed by atoms with Gasteiger partial charge in [0, 0.05) is 26.7 Å². The van der Waals surface area contributed by atoms with Crippen molar-refractivity contribution >= 4 is 23.2 Å². The molecule has 0 saturated carbocycles. The molecule has 48 heavy (non-hydrogen) atoms. The van der Waals surface area contributed by atoms with Gasteiger partial charge in [0.1, 0.15) is 42.3 Å². The van der Waals surface area contributed by atoms with Crippen molar-refractivity contribution < 1.29 is 34.4 Å². The highest BCUT2D eigenvalue weighted by atomic mass is 16.5. The Hall–Kier alpha value is -5.68. The number of aliphatic hydroxyl groups excluding tert-OH is 1. The topological polar surface area (TPSA) is 144 Å². The number of rotatable bonds is 10. The normalized spacial score (nSPS) is 17.9. The Balaban J connectivity index is 1.15. The molecular formula is C37H36N4O7. The number of carbonyl (C=O) groups excluding carboxylic acids is 2. The fourth-order valence-corrected chi connectivity index (χ4v) is 6.05. The molecule has 11 heteroatoms. The van der Waals surface area contributed by atoms with Crippen molar-refractivity contribution in [1.82, 2.24) is 10.0 Å². The van der Waals surface area contributed by atoms with E-state index in [1.165, 1.54) is 36.0 Å². The van der Waals surface area contributed by atoms with Crippen LogP contribution in [0.3, 0.4) is 0 Å². The molecule has 0 spiro atoms. The molecule has 246 valence electrons. The third-order valence-corrected chi connectivity index (χ3v) is 8.28. The summed E-state index contributed by atoms with van der Waals surface area (Å²) < 4.78 is 12.0. The van der Waals surface area contributed by atoms with Crippen LogP contribution in [0.25, 0.3) is 0 Å². The second kappa shape index (κ2) is 14.0. The van der Waals surface area contributed by atoms with Gasteiger partial charge in [-0.15, -0.1) is 0 Å². The second-order valence-electron chi connectivity index (χ2n) is 11.7. The number of benzene rings is 4. The van der Waals surface area contributed by atoms with E-state index in [4.69, 9.17) is 9.47 Å². The SMILES string of the molecule is CC(=O)N1N=C(c2c(O)cccc2OCC(O)COc2cccc(O)c2C2=NN(C(C)=O)C(c3ccccc3)C2)CC1c1ccccc1. The molecule has 0 fully saturated rings. The van der Waals surface area contributed by atoms with Crippen LogP contribution in [0.5, 0.6) is 23.0 Å². The molecule has 3 N–H and O–H groups in total. The maximum absolute atomic E-state index is 12.5. The number of amides is 2. The average molecular weight is 649 g/mol. The van der Waals surface area contributed by atoms with Crippen LogP contribution in [0.2, 0.25) is 0 Å². The number of hydrazone groups is 2. The second-order valence-corrected chi connectivity index (χ2v) is 11.7. The van der Waals surface area contributed by atoms with Crippen LogP contribution < -0.4 is 9.47 Å².